The monoisotopic (exact) mass is 1050 g/mol. The van der Waals surface area contributed by atoms with Crippen LogP contribution in [-0.4, -0.2) is 60.3 Å². The molecule has 1 spiro atoms. The minimum absolute atomic E-state index is 0.00111. The van der Waals surface area contributed by atoms with Gasteiger partial charge in [-0.05, 0) is 100 Å². The molecule has 13 nitrogen and oxygen atoms in total. The molecule has 0 bridgehead atoms. The van der Waals surface area contributed by atoms with Gasteiger partial charge in [-0.3, -0.25) is 14.4 Å². The molecule has 0 aromatic heterocycles. The zero-order valence-electron chi connectivity index (χ0n) is 38.2. The van der Waals surface area contributed by atoms with Crippen molar-refractivity contribution in [1.82, 2.24) is 9.99 Å². The van der Waals surface area contributed by atoms with Crippen LogP contribution in [0.5, 0.6) is 23.0 Å². The first kappa shape index (κ1) is 53.8. The third-order valence-electron chi connectivity index (χ3n) is 10.3. The smallest absolute Gasteiger partial charge is 0.340 e. The average molecular weight is 1050 g/mol. The maximum absolute atomic E-state index is 14.1. The van der Waals surface area contributed by atoms with Gasteiger partial charge in [-0.15, -0.1) is 0 Å². The predicted molar refractivity (Wildman–Crippen MR) is 257 cm³/mol. The number of hydrogen-bond donors (Lipinski definition) is 1. The van der Waals surface area contributed by atoms with Gasteiger partial charge in [-0.2, -0.15) is 5.26 Å². The molecular weight excluding hydrogens is 998 g/mol. The quantitative estimate of drug-likeness (QED) is 0.0590. The summed E-state index contributed by atoms with van der Waals surface area (Å²) in [5.74, 6) is -3.87. The van der Waals surface area contributed by atoms with Gasteiger partial charge in [0.05, 0.1) is 78.9 Å². The highest BCUT2D eigenvalue weighted by molar-refractivity contribution is 7.44. The molecule has 2 aliphatic heterocycles. The second-order valence-electron chi connectivity index (χ2n) is 18.2. The number of nitrogens with one attached hydrogen (secondary N) is 1. The number of carbonyl (C=O) groups excluding carboxylic acids is 4. The van der Waals surface area contributed by atoms with Gasteiger partial charge in [-0.1, -0.05) is 82.4 Å². The van der Waals surface area contributed by atoms with Crippen molar-refractivity contribution in [2.45, 2.75) is 119 Å². The highest BCUT2D eigenvalue weighted by Gasteiger charge is 2.58. The van der Waals surface area contributed by atoms with Crippen LogP contribution < -0.4 is 19.5 Å². The van der Waals surface area contributed by atoms with Crippen molar-refractivity contribution >= 4 is 102 Å². The van der Waals surface area contributed by atoms with Crippen LogP contribution in [0.2, 0.25) is 30.1 Å². The third kappa shape index (κ3) is 11.2. The molecule has 0 saturated carbocycles. The number of nitriles is 1. The minimum Gasteiger partial charge on any atom is -0.453 e. The number of unbranched alkanes of at least 4 members (excludes halogenated alkanes) is 3. The van der Waals surface area contributed by atoms with Crippen molar-refractivity contribution in [1.29, 1.82) is 5.26 Å². The van der Waals surface area contributed by atoms with Gasteiger partial charge in [0.1, 0.15) is 10.0 Å². The fraction of sp³-hybridized carbons (Fsp3) is 0.500. The van der Waals surface area contributed by atoms with Crippen LogP contribution in [0, 0.1) is 22.2 Å². The molecule has 0 saturated heterocycles. The fourth-order valence-electron chi connectivity index (χ4n) is 7.10. The van der Waals surface area contributed by atoms with E-state index in [0.717, 1.165) is 19.3 Å². The van der Waals surface area contributed by atoms with Gasteiger partial charge < -0.3 is 33.3 Å². The molecule has 2 aliphatic rings. The van der Waals surface area contributed by atoms with Crippen LogP contribution in [0.15, 0.2) is 18.2 Å². The summed E-state index contributed by atoms with van der Waals surface area (Å²) in [7, 11) is -1.35. The Balaban J connectivity index is 1.48. The zero-order valence-corrected chi connectivity index (χ0v) is 43.7. The van der Waals surface area contributed by atoms with E-state index in [0.29, 0.717) is 13.0 Å². The molecule has 3 aromatic rings. The van der Waals surface area contributed by atoms with E-state index < -0.39 is 48.8 Å². The molecular formula is C46H52Cl6N3O10P. The number of rotatable bonds is 17. The summed E-state index contributed by atoms with van der Waals surface area (Å²) in [5, 5.41) is 10.5. The van der Waals surface area contributed by atoms with Crippen molar-refractivity contribution in [2.24, 2.45) is 10.8 Å². The van der Waals surface area contributed by atoms with Gasteiger partial charge in [0.25, 0.3) is 14.4 Å². The number of amides is 1. The van der Waals surface area contributed by atoms with Crippen molar-refractivity contribution in [2.75, 3.05) is 19.8 Å². The highest BCUT2D eigenvalue weighted by Crippen LogP contribution is 2.64. The van der Waals surface area contributed by atoms with E-state index in [1.807, 2.05) is 0 Å². The number of nitrogens with zero attached hydrogens (tertiary/aromatic N) is 2. The summed E-state index contributed by atoms with van der Waals surface area (Å²) >= 11 is 41.6. The Hall–Kier alpha value is -3.12. The first-order chi connectivity index (χ1) is 30.8. The van der Waals surface area contributed by atoms with E-state index in [4.69, 9.17) is 103 Å². The second kappa shape index (κ2) is 21.7. The predicted octanol–water partition coefficient (Wildman–Crippen LogP) is 13.7. The molecule has 5 rings (SSSR count). The van der Waals surface area contributed by atoms with Crippen molar-refractivity contribution in [3.63, 3.8) is 0 Å². The molecule has 66 heavy (non-hydrogen) atoms. The van der Waals surface area contributed by atoms with Gasteiger partial charge in [0.2, 0.25) is 0 Å². The SMILES string of the molecule is CC(C)N(C(C)C)P(OCCC#N)OCCCCCCNC(=O)c1c(Cl)cc2c(c1Cl)C1(OC2=O)c2cc(Cl)c(OC(=O)C(C)(C)C)c(Cl)c2Oc2c1cc(Cl)c(OC(=O)C(C)(C)C)c2Cl. The van der Waals surface area contributed by atoms with Crippen LogP contribution in [0.1, 0.15) is 139 Å². The number of esters is 3. The number of halogens is 6. The van der Waals surface area contributed by atoms with E-state index in [2.05, 4.69) is 43.8 Å². The lowest BCUT2D eigenvalue weighted by Gasteiger charge is -2.38. The maximum Gasteiger partial charge on any atom is 0.340 e. The summed E-state index contributed by atoms with van der Waals surface area (Å²) in [6, 6.07) is 6.41. The largest absolute Gasteiger partial charge is 0.453 e. The third-order valence-corrected chi connectivity index (χ3v) is 14.4. The Morgan fingerprint density at radius 3 is 1.74 bits per heavy atom. The maximum atomic E-state index is 14.1. The van der Waals surface area contributed by atoms with E-state index in [1.165, 1.54) is 18.2 Å². The van der Waals surface area contributed by atoms with Crippen LogP contribution in [0.3, 0.4) is 0 Å². The Kier molecular flexibility index (Phi) is 17.7. The lowest BCUT2D eigenvalue weighted by molar-refractivity contribution is -0.143. The summed E-state index contributed by atoms with van der Waals surface area (Å²) in [6.07, 6.45) is 3.17. The molecule has 0 radical (unpaired) electrons. The Morgan fingerprint density at radius 2 is 1.26 bits per heavy atom. The molecule has 1 atom stereocenters. The zero-order chi connectivity index (χ0) is 49.2. The molecule has 20 heteroatoms. The standard InChI is InChI=1S/C46H52Cl6N3O10P/c1-23(2)55(24(3)4)66(61-19-15-16-53)60-18-14-12-11-13-17-54-40(56)31-28(47)20-25-32(33(31)50)46(65-41(25)57)26-21-29(48)38(63-42(58)44(5,6)7)34(51)36(26)62-37-27(46)22-30(49)39(35(37)52)64-43(59)45(8,9)10/h20-24H,11-15,17-19H2,1-10H3,(H,54,56). The number of ether oxygens (including phenoxy) is 4. The van der Waals surface area contributed by atoms with Crippen molar-refractivity contribution in [3.05, 3.63) is 76.2 Å². The highest BCUT2D eigenvalue weighted by atomic mass is 35.5. The van der Waals surface area contributed by atoms with Crippen LogP contribution in [0.25, 0.3) is 0 Å². The normalized spacial score (nSPS) is 14.4. The van der Waals surface area contributed by atoms with E-state index >= 15 is 0 Å². The van der Waals surface area contributed by atoms with Gasteiger partial charge in [0.15, 0.2) is 28.6 Å². The lowest BCUT2D eigenvalue weighted by atomic mass is 9.77. The van der Waals surface area contributed by atoms with Crippen molar-refractivity contribution in [3.8, 4) is 29.1 Å². The summed E-state index contributed by atoms with van der Waals surface area (Å²) < 4.78 is 38.4. The van der Waals surface area contributed by atoms with E-state index in [9.17, 15) is 19.2 Å². The van der Waals surface area contributed by atoms with Gasteiger partial charge >= 0.3 is 17.9 Å². The molecule has 358 valence electrons. The van der Waals surface area contributed by atoms with E-state index in [-0.39, 0.29) is 113 Å². The van der Waals surface area contributed by atoms with Crippen LogP contribution in [-0.2, 0) is 29.0 Å². The lowest BCUT2D eigenvalue weighted by Crippen LogP contribution is -2.35. The number of benzene rings is 3. The fourth-order valence-corrected chi connectivity index (χ4v) is 10.6. The average Bonchev–Trinajstić information content (AvgIpc) is 3.50. The number of hydrogen-bond acceptors (Lipinski definition) is 12. The van der Waals surface area contributed by atoms with Crippen LogP contribution in [0.4, 0.5) is 0 Å². The Bertz CT molecular complexity index is 2350. The van der Waals surface area contributed by atoms with Crippen LogP contribution >= 0.6 is 78.1 Å². The topological polar surface area (TPSA) is 163 Å². The van der Waals surface area contributed by atoms with Crippen molar-refractivity contribution < 1.29 is 47.2 Å². The van der Waals surface area contributed by atoms with E-state index in [1.54, 1.807) is 41.5 Å². The molecule has 2 heterocycles. The molecule has 1 N–H and O–H groups in total. The van der Waals surface area contributed by atoms with Gasteiger partial charge in [0, 0.05) is 24.2 Å². The minimum atomic E-state index is -2.13. The summed E-state index contributed by atoms with van der Waals surface area (Å²) in [6.45, 7) is 19.1. The molecule has 1 unspecified atom stereocenters. The Morgan fingerprint density at radius 1 is 0.758 bits per heavy atom. The number of fused-ring (bicyclic) bond motifs is 6. The first-order valence-corrected chi connectivity index (χ1v) is 24.6. The first-order valence-electron chi connectivity index (χ1n) is 21.2. The number of carbonyl (C=O) groups is 4. The summed E-state index contributed by atoms with van der Waals surface area (Å²) in [4.78, 5) is 54.3. The molecule has 3 aromatic carbocycles. The second-order valence-corrected chi connectivity index (χ2v) is 22.0. The molecule has 1 amide bonds. The summed E-state index contributed by atoms with van der Waals surface area (Å²) in [5.41, 5.74) is -4.41. The van der Waals surface area contributed by atoms with Gasteiger partial charge in [-0.25, -0.2) is 9.46 Å². The molecule has 0 fully saturated rings. The molecule has 0 aliphatic carbocycles. The Labute approximate surface area is 416 Å².